The lowest BCUT2D eigenvalue weighted by atomic mass is 10.0. The Bertz CT molecular complexity index is 669. The summed E-state index contributed by atoms with van der Waals surface area (Å²) >= 11 is 0. The van der Waals surface area contributed by atoms with Crippen LogP contribution in [0, 0.1) is 0 Å². The molecule has 0 spiro atoms. The van der Waals surface area contributed by atoms with E-state index in [-0.39, 0.29) is 6.61 Å². The predicted molar refractivity (Wildman–Crippen MR) is 193 cm³/mol. The topological polar surface area (TPSA) is 32.6 Å². The number of aliphatic imine (C=N–C) groups is 1. The first kappa shape index (κ1) is 40.1. The molecule has 0 aliphatic carbocycles. The van der Waals surface area contributed by atoms with Gasteiger partial charge in [-0.05, 0) is 31.8 Å². The average Bonchev–Trinajstić information content (AvgIpc) is 3.41. The number of hydrogen-bond donors (Lipinski definition) is 1. The van der Waals surface area contributed by atoms with Gasteiger partial charge in [0, 0.05) is 6.08 Å². The lowest BCUT2D eigenvalue weighted by Crippen LogP contribution is -2.47. The van der Waals surface area contributed by atoms with Crippen molar-refractivity contribution in [1.29, 1.82) is 0 Å². The van der Waals surface area contributed by atoms with Crippen molar-refractivity contribution in [2.45, 2.75) is 200 Å². The van der Waals surface area contributed by atoms with Crippen molar-refractivity contribution in [2.75, 3.05) is 26.2 Å². The zero-order chi connectivity index (χ0) is 30.9. The van der Waals surface area contributed by atoms with Gasteiger partial charge >= 0.3 is 0 Å². The molecule has 3 nitrogen and oxygen atoms in total. The molecule has 43 heavy (non-hydrogen) atoms. The van der Waals surface area contributed by atoms with E-state index in [0.29, 0.717) is 0 Å². The molecule has 252 valence electrons. The van der Waals surface area contributed by atoms with E-state index in [1.54, 1.807) is 0 Å². The smallest absolute Gasteiger partial charge is 0.227 e. The second-order valence-corrected chi connectivity index (χ2v) is 13.6. The normalized spacial score (nSPS) is 17.1. The lowest BCUT2D eigenvalue weighted by Gasteiger charge is -2.28. The van der Waals surface area contributed by atoms with Gasteiger partial charge in [-0.15, -0.1) is 0 Å². The van der Waals surface area contributed by atoms with Crippen LogP contribution in [0.3, 0.4) is 0 Å². The fourth-order valence-electron chi connectivity index (χ4n) is 6.63. The molecule has 0 radical (unpaired) electrons. The van der Waals surface area contributed by atoms with E-state index in [0.717, 1.165) is 42.8 Å². The van der Waals surface area contributed by atoms with Crippen LogP contribution < -0.4 is 0 Å². The van der Waals surface area contributed by atoms with Crippen molar-refractivity contribution in [3.63, 3.8) is 0 Å². The van der Waals surface area contributed by atoms with Crippen molar-refractivity contribution in [1.82, 2.24) is 0 Å². The maximum absolute atomic E-state index is 9.82. The highest BCUT2D eigenvalue weighted by atomic mass is 16.3. The van der Waals surface area contributed by atoms with Gasteiger partial charge in [-0.2, -0.15) is 0 Å². The van der Waals surface area contributed by atoms with Gasteiger partial charge in [0.25, 0.3) is 0 Å². The molecule has 1 unspecified atom stereocenters. The van der Waals surface area contributed by atoms with Crippen LogP contribution in [-0.4, -0.2) is 41.7 Å². The number of amidine groups is 1. The fraction of sp³-hybridized carbons (Fsp3) is 0.875. The molecule has 1 aliphatic heterocycles. The minimum atomic E-state index is 0.217. The third kappa shape index (κ3) is 23.1. The molecule has 1 atom stereocenters. The zero-order valence-electron chi connectivity index (χ0n) is 29.5. The molecule has 3 heteroatoms. The Morgan fingerprint density at radius 3 is 1.30 bits per heavy atom. The van der Waals surface area contributed by atoms with Crippen molar-refractivity contribution in [3.05, 3.63) is 24.4 Å². The molecule has 0 saturated carbocycles. The van der Waals surface area contributed by atoms with E-state index in [9.17, 15) is 5.11 Å². The van der Waals surface area contributed by atoms with E-state index in [4.69, 9.17) is 4.99 Å². The molecule has 0 saturated heterocycles. The molecule has 1 N–H and O–H groups in total. The maximum Gasteiger partial charge on any atom is 0.227 e. The molecule has 0 fully saturated rings. The summed E-state index contributed by atoms with van der Waals surface area (Å²) in [7, 11) is 0. The van der Waals surface area contributed by atoms with E-state index < -0.39 is 0 Å². The summed E-state index contributed by atoms with van der Waals surface area (Å²) in [6.07, 6.45) is 49.7. The first-order valence-electron chi connectivity index (χ1n) is 19.7. The molecule has 0 aromatic rings. The van der Waals surface area contributed by atoms with Crippen LogP contribution in [0.1, 0.15) is 200 Å². The standard InChI is InChI=1S/C40H77N2O/c1-3-5-7-9-11-13-15-17-19-21-23-25-27-29-31-33-36-42(38-39-43)37-35-41-40(42)34-32-30-28-26-24-22-20-18-16-14-12-10-8-6-4-2/h32-34,36,43H,3-31,35,37-39H2,1-2H3/q+1. The number of quaternary nitrogens is 1. The summed E-state index contributed by atoms with van der Waals surface area (Å²) < 4.78 is 0.740. The predicted octanol–water partition coefficient (Wildman–Crippen LogP) is 12.6. The third-order valence-electron chi connectivity index (χ3n) is 9.58. The van der Waals surface area contributed by atoms with Crippen LogP contribution in [0.15, 0.2) is 29.4 Å². The quantitative estimate of drug-likeness (QED) is 0.0589. The Labute approximate surface area is 270 Å². The number of aliphatic hydroxyl groups excluding tert-OH is 1. The molecular formula is C40H77N2O+. The molecule has 1 heterocycles. The monoisotopic (exact) mass is 602 g/mol. The highest BCUT2D eigenvalue weighted by Gasteiger charge is 2.34. The second-order valence-electron chi connectivity index (χ2n) is 13.6. The Hall–Kier alpha value is -0.930. The highest BCUT2D eigenvalue weighted by Crippen LogP contribution is 2.20. The van der Waals surface area contributed by atoms with Crippen LogP contribution in [-0.2, 0) is 0 Å². The summed E-state index contributed by atoms with van der Waals surface area (Å²) in [4.78, 5) is 4.84. The Morgan fingerprint density at radius 1 is 0.535 bits per heavy atom. The van der Waals surface area contributed by atoms with Crippen LogP contribution >= 0.6 is 0 Å². The van der Waals surface area contributed by atoms with Crippen molar-refractivity contribution >= 4 is 5.84 Å². The largest absolute Gasteiger partial charge is 0.390 e. The summed E-state index contributed by atoms with van der Waals surface area (Å²) in [6, 6.07) is 0. The molecular weight excluding hydrogens is 524 g/mol. The highest BCUT2D eigenvalue weighted by molar-refractivity contribution is 5.88. The lowest BCUT2D eigenvalue weighted by molar-refractivity contribution is -0.781. The summed E-state index contributed by atoms with van der Waals surface area (Å²) in [5.41, 5.74) is 0. The summed E-state index contributed by atoms with van der Waals surface area (Å²) in [5.74, 6) is 1.15. The van der Waals surface area contributed by atoms with Crippen LogP contribution in [0.5, 0.6) is 0 Å². The first-order valence-corrected chi connectivity index (χ1v) is 19.7. The fourth-order valence-corrected chi connectivity index (χ4v) is 6.63. The maximum atomic E-state index is 9.82. The SMILES string of the molecule is CCCCCCCCCCCCCCCC=CC1=NCC[N+]1(C=CCCCCCCCCCCCCCCCC)CCO. The number of unbranched alkanes of at least 4 members (excludes halogenated alkanes) is 27. The van der Waals surface area contributed by atoms with Gasteiger partial charge in [0.1, 0.15) is 13.1 Å². The van der Waals surface area contributed by atoms with E-state index in [1.165, 1.54) is 173 Å². The Morgan fingerprint density at radius 2 is 0.907 bits per heavy atom. The van der Waals surface area contributed by atoms with Gasteiger partial charge in [-0.3, -0.25) is 0 Å². The average molecular weight is 602 g/mol. The molecule has 0 aromatic heterocycles. The molecule has 0 bridgehead atoms. The van der Waals surface area contributed by atoms with Gasteiger partial charge in [0.2, 0.25) is 5.84 Å². The van der Waals surface area contributed by atoms with Crippen molar-refractivity contribution in [2.24, 2.45) is 4.99 Å². The number of rotatable bonds is 33. The zero-order valence-corrected chi connectivity index (χ0v) is 29.5. The summed E-state index contributed by atoms with van der Waals surface area (Å²) in [6.45, 7) is 7.43. The van der Waals surface area contributed by atoms with Gasteiger partial charge in [-0.1, -0.05) is 180 Å². The van der Waals surface area contributed by atoms with Gasteiger partial charge in [0.15, 0.2) is 0 Å². The minimum absolute atomic E-state index is 0.217. The van der Waals surface area contributed by atoms with E-state index in [1.807, 2.05) is 0 Å². The number of aliphatic hydroxyl groups is 1. The van der Waals surface area contributed by atoms with Gasteiger partial charge < -0.3 is 5.11 Å². The molecule has 1 aliphatic rings. The molecule has 1 rings (SSSR count). The number of hydrogen-bond acceptors (Lipinski definition) is 2. The van der Waals surface area contributed by atoms with Gasteiger partial charge in [-0.25, -0.2) is 9.48 Å². The number of allylic oxidation sites excluding steroid dienone is 2. The van der Waals surface area contributed by atoms with Gasteiger partial charge in [0.05, 0.1) is 19.4 Å². The van der Waals surface area contributed by atoms with E-state index in [2.05, 4.69) is 38.3 Å². The Kier molecular flexibility index (Phi) is 29.0. The van der Waals surface area contributed by atoms with E-state index >= 15 is 0 Å². The van der Waals surface area contributed by atoms with Crippen molar-refractivity contribution < 1.29 is 9.59 Å². The summed E-state index contributed by atoms with van der Waals surface area (Å²) in [5, 5.41) is 9.82. The van der Waals surface area contributed by atoms with Crippen molar-refractivity contribution in [3.8, 4) is 0 Å². The first-order chi connectivity index (χ1) is 21.3. The molecule has 0 aromatic carbocycles. The molecule has 0 amide bonds. The Balaban J connectivity index is 2.08. The second kappa shape index (κ2) is 31.1. The van der Waals surface area contributed by atoms with Crippen LogP contribution in [0.25, 0.3) is 0 Å². The number of nitrogens with zero attached hydrogens (tertiary/aromatic N) is 2. The minimum Gasteiger partial charge on any atom is -0.390 e. The third-order valence-corrected chi connectivity index (χ3v) is 9.58. The van der Waals surface area contributed by atoms with Crippen LogP contribution in [0.4, 0.5) is 0 Å². The van der Waals surface area contributed by atoms with Crippen LogP contribution in [0.2, 0.25) is 0 Å².